The number of fused-ring (bicyclic) bond motifs is 1. The van der Waals surface area contributed by atoms with Gasteiger partial charge in [0.2, 0.25) is 0 Å². The third-order valence-corrected chi connectivity index (χ3v) is 5.10. The molecule has 0 saturated heterocycles. The quantitative estimate of drug-likeness (QED) is 0.797. The lowest BCUT2D eigenvalue weighted by Crippen LogP contribution is -2.09. The Labute approximate surface area is 139 Å². The molecular formula is C19H16N2OS. The second-order valence-corrected chi connectivity index (χ2v) is 6.55. The number of pyridine rings is 2. The first-order valence-corrected chi connectivity index (χ1v) is 8.44. The van der Waals surface area contributed by atoms with Gasteiger partial charge in [-0.15, -0.1) is 0 Å². The van der Waals surface area contributed by atoms with Crippen molar-refractivity contribution < 1.29 is 4.74 Å². The second kappa shape index (κ2) is 6.05. The zero-order valence-corrected chi connectivity index (χ0v) is 13.5. The Morgan fingerprint density at radius 1 is 1.13 bits per heavy atom. The molecule has 0 saturated carbocycles. The van der Waals surface area contributed by atoms with Crippen molar-refractivity contribution in [1.29, 1.82) is 0 Å². The van der Waals surface area contributed by atoms with E-state index in [1.54, 1.807) is 18.0 Å². The Hall–Kier alpha value is -2.33. The SMILES string of the molecule is C=C1CCOc2ccc(C3=CCC=C(c4cccnc4)S3)nc21. The van der Waals surface area contributed by atoms with Gasteiger partial charge in [0, 0.05) is 34.2 Å². The standard InChI is InChI=1S/C19H16N2OS/c1-13-9-11-22-16-8-7-15(21-19(13)16)18-6-2-5-17(23-18)14-4-3-10-20-12-14/h3-8,10,12H,1-2,9,11H2. The summed E-state index contributed by atoms with van der Waals surface area (Å²) in [6.45, 7) is 4.81. The van der Waals surface area contributed by atoms with Crippen LogP contribution in [0.25, 0.3) is 15.4 Å². The normalized spacial score (nSPS) is 17.0. The van der Waals surface area contributed by atoms with Crippen molar-refractivity contribution in [3.8, 4) is 5.75 Å². The third kappa shape index (κ3) is 2.82. The van der Waals surface area contributed by atoms with Gasteiger partial charge in [-0.25, -0.2) is 4.98 Å². The molecule has 2 aliphatic rings. The minimum Gasteiger partial charge on any atom is -0.491 e. The number of ether oxygens (including phenoxy) is 1. The average Bonchev–Trinajstić information content (AvgIpc) is 2.63. The largest absolute Gasteiger partial charge is 0.491 e. The summed E-state index contributed by atoms with van der Waals surface area (Å²) in [5.41, 5.74) is 4.08. The monoisotopic (exact) mass is 320 g/mol. The van der Waals surface area contributed by atoms with Gasteiger partial charge in [0.1, 0.15) is 11.4 Å². The number of rotatable bonds is 2. The van der Waals surface area contributed by atoms with Crippen LogP contribution < -0.4 is 4.74 Å². The maximum Gasteiger partial charge on any atom is 0.145 e. The van der Waals surface area contributed by atoms with Crippen LogP contribution in [0.5, 0.6) is 5.75 Å². The molecule has 0 N–H and O–H groups in total. The molecule has 2 aliphatic heterocycles. The third-order valence-electron chi connectivity index (χ3n) is 3.88. The Morgan fingerprint density at radius 3 is 2.91 bits per heavy atom. The van der Waals surface area contributed by atoms with Gasteiger partial charge in [-0.3, -0.25) is 4.98 Å². The van der Waals surface area contributed by atoms with Gasteiger partial charge in [-0.2, -0.15) is 0 Å². The summed E-state index contributed by atoms with van der Waals surface area (Å²) in [5.74, 6) is 0.842. The number of allylic oxidation sites excluding steroid dienone is 2. The molecule has 114 valence electrons. The van der Waals surface area contributed by atoms with Crippen molar-refractivity contribution >= 4 is 27.1 Å². The van der Waals surface area contributed by atoms with Crippen molar-refractivity contribution in [1.82, 2.24) is 9.97 Å². The van der Waals surface area contributed by atoms with Crippen LogP contribution in [0.2, 0.25) is 0 Å². The highest BCUT2D eigenvalue weighted by atomic mass is 32.2. The highest BCUT2D eigenvalue weighted by Crippen LogP contribution is 2.43. The van der Waals surface area contributed by atoms with E-state index in [1.165, 1.54) is 9.81 Å². The van der Waals surface area contributed by atoms with Gasteiger partial charge in [0.25, 0.3) is 0 Å². The van der Waals surface area contributed by atoms with Crippen LogP contribution in [0.1, 0.15) is 29.8 Å². The van der Waals surface area contributed by atoms with Crippen molar-refractivity contribution in [3.63, 3.8) is 0 Å². The highest BCUT2D eigenvalue weighted by molar-refractivity contribution is 8.16. The molecule has 0 atom stereocenters. The van der Waals surface area contributed by atoms with Crippen LogP contribution in [-0.2, 0) is 0 Å². The summed E-state index contributed by atoms with van der Waals surface area (Å²) in [4.78, 5) is 11.4. The first-order chi connectivity index (χ1) is 11.3. The van der Waals surface area contributed by atoms with Gasteiger partial charge in [-0.05, 0) is 30.2 Å². The van der Waals surface area contributed by atoms with Crippen molar-refractivity contribution in [3.05, 3.63) is 72.3 Å². The Balaban J connectivity index is 1.63. The van der Waals surface area contributed by atoms with E-state index < -0.39 is 0 Å². The van der Waals surface area contributed by atoms with E-state index in [0.717, 1.165) is 41.1 Å². The molecule has 0 amide bonds. The predicted molar refractivity (Wildman–Crippen MR) is 95.8 cm³/mol. The lowest BCUT2D eigenvalue weighted by Gasteiger charge is -2.20. The summed E-state index contributed by atoms with van der Waals surface area (Å²) in [5, 5.41) is 0. The maximum absolute atomic E-state index is 5.66. The summed E-state index contributed by atoms with van der Waals surface area (Å²) < 4.78 is 5.66. The van der Waals surface area contributed by atoms with Gasteiger partial charge in [0.15, 0.2) is 0 Å². The van der Waals surface area contributed by atoms with Gasteiger partial charge in [-0.1, -0.05) is 36.6 Å². The number of aromatic nitrogens is 2. The Bertz CT molecular complexity index is 825. The van der Waals surface area contributed by atoms with Crippen LogP contribution in [0, 0.1) is 0 Å². The van der Waals surface area contributed by atoms with E-state index in [1.807, 2.05) is 24.4 Å². The average molecular weight is 320 g/mol. The Kier molecular flexibility index (Phi) is 3.75. The number of hydrogen-bond acceptors (Lipinski definition) is 4. The predicted octanol–water partition coefficient (Wildman–Crippen LogP) is 4.79. The van der Waals surface area contributed by atoms with Crippen molar-refractivity contribution in [2.75, 3.05) is 6.61 Å². The molecule has 2 aromatic rings. The number of nitrogens with zero attached hydrogens (tertiary/aromatic N) is 2. The molecule has 4 heteroatoms. The number of thioether (sulfide) groups is 1. The maximum atomic E-state index is 5.66. The molecule has 2 aromatic heterocycles. The zero-order chi connectivity index (χ0) is 15.6. The minimum atomic E-state index is 0.693. The molecule has 0 bridgehead atoms. The van der Waals surface area contributed by atoms with Crippen LogP contribution in [0.3, 0.4) is 0 Å². The van der Waals surface area contributed by atoms with E-state index in [2.05, 4.69) is 29.8 Å². The zero-order valence-electron chi connectivity index (χ0n) is 12.7. The van der Waals surface area contributed by atoms with E-state index in [9.17, 15) is 0 Å². The molecule has 0 spiro atoms. The molecule has 23 heavy (non-hydrogen) atoms. The topological polar surface area (TPSA) is 35.0 Å². The first kappa shape index (κ1) is 14.3. The fraction of sp³-hybridized carbons (Fsp3) is 0.158. The molecule has 0 aromatic carbocycles. The number of hydrogen-bond donors (Lipinski definition) is 0. The van der Waals surface area contributed by atoms with E-state index in [0.29, 0.717) is 6.61 Å². The molecule has 4 heterocycles. The van der Waals surface area contributed by atoms with E-state index >= 15 is 0 Å². The summed E-state index contributed by atoms with van der Waals surface area (Å²) in [7, 11) is 0. The lowest BCUT2D eigenvalue weighted by molar-refractivity contribution is 0.314. The van der Waals surface area contributed by atoms with Crippen LogP contribution in [-0.4, -0.2) is 16.6 Å². The van der Waals surface area contributed by atoms with Crippen LogP contribution >= 0.6 is 11.8 Å². The fourth-order valence-corrected chi connectivity index (χ4v) is 3.73. The smallest absolute Gasteiger partial charge is 0.145 e. The summed E-state index contributed by atoms with van der Waals surface area (Å²) in [6.07, 6.45) is 9.89. The lowest BCUT2D eigenvalue weighted by atomic mass is 10.1. The van der Waals surface area contributed by atoms with Crippen LogP contribution in [0.4, 0.5) is 0 Å². The van der Waals surface area contributed by atoms with Gasteiger partial charge < -0.3 is 4.74 Å². The molecule has 0 aliphatic carbocycles. The van der Waals surface area contributed by atoms with Gasteiger partial charge in [0.05, 0.1) is 12.3 Å². The summed E-state index contributed by atoms with van der Waals surface area (Å²) in [6, 6.07) is 8.09. The van der Waals surface area contributed by atoms with E-state index in [4.69, 9.17) is 9.72 Å². The molecule has 0 fully saturated rings. The fourth-order valence-electron chi connectivity index (χ4n) is 2.67. The summed E-state index contributed by atoms with van der Waals surface area (Å²) >= 11 is 1.74. The van der Waals surface area contributed by atoms with Crippen molar-refractivity contribution in [2.24, 2.45) is 0 Å². The van der Waals surface area contributed by atoms with Crippen LogP contribution in [0.15, 0.2) is 55.4 Å². The molecule has 4 rings (SSSR count). The molecular weight excluding hydrogens is 304 g/mol. The van der Waals surface area contributed by atoms with Crippen molar-refractivity contribution in [2.45, 2.75) is 12.8 Å². The molecule has 0 unspecified atom stereocenters. The molecule has 3 nitrogen and oxygen atoms in total. The first-order valence-electron chi connectivity index (χ1n) is 7.62. The Morgan fingerprint density at radius 2 is 2.04 bits per heavy atom. The molecule has 0 radical (unpaired) electrons. The highest BCUT2D eigenvalue weighted by Gasteiger charge is 2.19. The second-order valence-electron chi connectivity index (χ2n) is 5.46. The van der Waals surface area contributed by atoms with E-state index in [-0.39, 0.29) is 0 Å². The van der Waals surface area contributed by atoms with Gasteiger partial charge >= 0.3 is 0 Å². The minimum absolute atomic E-state index is 0.693.